The lowest BCUT2D eigenvalue weighted by molar-refractivity contribution is -0.126. The maximum absolute atomic E-state index is 12.7. The molecule has 1 amide bonds. The standard InChI is InChI=1S/C20H25N7O3S/c28-16-14-31-17(15-4-2-1-3-5-15)27(16)24-18-21-19(25-6-10-29-11-7-25)23-20(22-18)26-8-12-30-13-9-26/h1-5,17H,6-14H2,(H,21,22,23,24)/t17-/m1/s1. The highest BCUT2D eigenvalue weighted by Crippen LogP contribution is 2.38. The van der Waals surface area contributed by atoms with Crippen LogP contribution in [0, 0.1) is 0 Å². The smallest absolute Gasteiger partial charge is 0.252 e. The van der Waals surface area contributed by atoms with Gasteiger partial charge in [-0.3, -0.25) is 10.2 Å². The van der Waals surface area contributed by atoms with Gasteiger partial charge in [0.25, 0.3) is 5.91 Å². The van der Waals surface area contributed by atoms with Crippen LogP contribution in [0.3, 0.4) is 0 Å². The van der Waals surface area contributed by atoms with Crippen LogP contribution >= 0.6 is 11.8 Å². The number of hydrogen-bond donors (Lipinski definition) is 1. The van der Waals surface area contributed by atoms with E-state index in [0.717, 1.165) is 31.7 Å². The maximum atomic E-state index is 12.7. The molecule has 3 aliphatic heterocycles. The van der Waals surface area contributed by atoms with Gasteiger partial charge in [0.05, 0.1) is 32.2 Å². The number of carbonyl (C=O) groups excluding carboxylic acids is 1. The molecule has 10 nitrogen and oxygen atoms in total. The number of anilines is 3. The van der Waals surface area contributed by atoms with E-state index in [1.807, 2.05) is 30.3 Å². The predicted molar refractivity (Wildman–Crippen MR) is 118 cm³/mol. The average Bonchev–Trinajstić information content (AvgIpc) is 3.20. The largest absolute Gasteiger partial charge is 0.378 e. The molecule has 0 spiro atoms. The molecule has 0 saturated carbocycles. The first-order valence-corrected chi connectivity index (χ1v) is 11.5. The third-order valence-corrected chi connectivity index (χ3v) is 6.59. The summed E-state index contributed by atoms with van der Waals surface area (Å²) in [5.41, 5.74) is 4.24. The van der Waals surface area contributed by atoms with Gasteiger partial charge in [0.2, 0.25) is 17.8 Å². The van der Waals surface area contributed by atoms with Crippen LogP contribution in [0.1, 0.15) is 10.9 Å². The molecular formula is C20H25N7O3S. The Balaban J connectivity index is 1.44. The Labute approximate surface area is 184 Å². The number of nitrogens with one attached hydrogen (secondary N) is 1. The van der Waals surface area contributed by atoms with Gasteiger partial charge in [-0.15, -0.1) is 11.8 Å². The van der Waals surface area contributed by atoms with Gasteiger partial charge < -0.3 is 19.3 Å². The van der Waals surface area contributed by atoms with E-state index in [4.69, 9.17) is 14.5 Å². The Hall–Kier alpha value is -2.63. The van der Waals surface area contributed by atoms with Crippen molar-refractivity contribution in [3.63, 3.8) is 0 Å². The number of aromatic nitrogens is 3. The maximum Gasteiger partial charge on any atom is 0.252 e. The van der Waals surface area contributed by atoms with Crippen molar-refractivity contribution >= 4 is 35.5 Å². The van der Waals surface area contributed by atoms with E-state index in [2.05, 4.69) is 25.2 Å². The first-order chi connectivity index (χ1) is 15.3. The van der Waals surface area contributed by atoms with E-state index in [9.17, 15) is 4.79 Å². The van der Waals surface area contributed by atoms with E-state index < -0.39 is 0 Å². The molecule has 1 N–H and O–H groups in total. The van der Waals surface area contributed by atoms with E-state index in [1.54, 1.807) is 16.8 Å². The second kappa shape index (κ2) is 9.25. The number of rotatable bonds is 5. The number of morpholine rings is 2. The van der Waals surface area contributed by atoms with Gasteiger partial charge >= 0.3 is 0 Å². The summed E-state index contributed by atoms with van der Waals surface area (Å²) in [6, 6.07) is 9.98. The minimum absolute atomic E-state index is 0.000102. The third kappa shape index (κ3) is 4.53. The molecule has 31 heavy (non-hydrogen) atoms. The van der Waals surface area contributed by atoms with Crippen LogP contribution in [0.5, 0.6) is 0 Å². The Morgan fingerprint density at radius 1 is 0.871 bits per heavy atom. The van der Waals surface area contributed by atoms with Crippen LogP contribution in [0.15, 0.2) is 30.3 Å². The van der Waals surface area contributed by atoms with E-state index in [1.165, 1.54) is 0 Å². The van der Waals surface area contributed by atoms with E-state index in [0.29, 0.717) is 50.0 Å². The molecule has 0 radical (unpaired) electrons. The number of carbonyl (C=O) groups is 1. The Morgan fingerprint density at radius 2 is 1.45 bits per heavy atom. The SMILES string of the molecule is O=C1CS[C@H](c2ccccc2)N1Nc1nc(N2CCOCC2)nc(N2CCOCC2)n1. The van der Waals surface area contributed by atoms with Crippen molar-refractivity contribution in [3.05, 3.63) is 35.9 Å². The fourth-order valence-electron chi connectivity index (χ4n) is 3.73. The molecule has 3 fully saturated rings. The van der Waals surface area contributed by atoms with Crippen molar-refractivity contribution in [1.29, 1.82) is 0 Å². The molecule has 164 valence electrons. The van der Waals surface area contributed by atoms with Gasteiger partial charge in [0.15, 0.2) is 0 Å². The lowest BCUT2D eigenvalue weighted by Crippen LogP contribution is -2.41. The monoisotopic (exact) mass is 443 g/mol. The number of thioether (sulfide) groups is 1. The van der Waals surface area contributed by atoms with Gasteiger partial charge in [-0.1, -0.05) is 30.3 Å². The number of benzene rings is 1. The van der Waals surface area contributed by atoms with Crippen LogP contribution in [-0.4, -0.2) is 84.2 Å². The molecule has 3 saturated heterocycles. The summed E-state index contributed by atoms with van der Waals surface area (Å²) in [5.74, 6) is 1.97. The lowest BCUT2D eigenvalue weighted by Gasteiger charge is -2.31. The van der Waals surface area contributed by atoms with Crippen molar-refractivity contribution in [2.75, 3.05) is 73.6 Å². The highest BCUT2D eigenvalue weighted by atomic mass is 32.2. The first kappa shape index (κ1) is 20.3. The number of hydrogen-bond acceptors (Lipinski definition) is 10. The average molecular weight is 444 g/mol. The second-order valence-electron chi connectivity index (χ2n) is 7.41. The predicted octanol–water partition coefficient (Wildman–Crippen LogP) is 1.15. The molecule has 4 heterocycles. The van der Waals surface area contributed by atoms with Crippen LogP contribution < -0.4 is 15.2 Å². The molecule has 0 aliphatic carbocycles. The fraction of sp³-hybridized carbons (Fsp3) is 0.500. The van der Waals surface area contributed by atoms with Crippen LogP contribution in [0.25, 0.3) is 0 Å². The highest BCUT2D eigenvalue weighted by Gasteiger charge is 2.34. The molecule has 2 aromatic rings. The molecule has 1 aromatic carbocycles. The van der Waals surface area contributed by atoms with Crippen molar-refractivity contribution in [3.8, 4) is 0 Å². The summed E-state index contributed by atoms with van der Waals surface area (Å²) < 4.78 is 10.9. The zero-order chi connectivity index (χ0) is 21.0. The number of ether oxygens (including phenoxy) is 2. The van der Waals surface area contributed by atoms with E-state index >= 15 is 0 Å². The van der Waals surface area contributed by atoms with Gasteiger partial charge in [-0.05, 0) is 5.56 Å². The summed E-state index contributed by atoms with van der Waals surface area (Å²) in [5, 5.41) is 1.49. The zero-order valence-corrected chi connectivity index (χ0v) is 18.0. The molecule has 0 bridgehead atoms. The van der Waals surface area contributed by atoms with Crippen LogP contribution in [0.4, 0.5) is 17.8 Å². The number of amides is 1. The molecule has 11 heteroatoms. The summed E-state index contributed by atoms with van der Waals surface area (Å²) in [6.07, 6.45) is 0. The molecule has 1 atom stereocenters. The number of nitrogens with zero attached hydrogens (tertiary/aromatic N) is 6. The van der Waals surface area contributed by atoms with Crippen molar-refractivity contribution < 1.29 is 14.3 Å². The highest BCUT2D eigenvalue weighted by molar-refractivity contribution is 8.00. The first-order valence-electron chi connectivity index (χ1n) is 10.4. The van der Waals surface area contributed by atoms with Gasteiger partial charge in [0.1, 0.15) is 5.37 Å². The van der Waals surface area contributed by atoms with Crippen LogP contribution in [-0.2, 0) is 14.3 Å². The van der Waals surface area contributed by atoms with Gasteiger partial charge in [0, 0.05) is 26.2 Å². The lowest BCUT2D eigenvalue weighted by atomic mass is 10.2. The topological polar surface area (TPSA) is 96.0 Å². The summed E-state index contributed by atoms with van der Waals surface area (Å²) in [7, 11) is 0. The Bertz CT molecular complexity index is 871. The Kier molecular flexibility index (Phi) is 6.05. The number of hydrazine groups is 1. The minimum Gasteiger partial charge on any atom is -0.378 e. The fourth-order valence-corrected chi connectivity index (χ4v) is 4.84. The molecule has 3 aliphatic rings. The van der Waals surface area contributed by atoms with Gasteiger partial charge in [-0.2, -0.15) is 15.0 Å². The summed E-state index contributed by atoms with van der Waals surface area (Å²) >= 11 is 1.58. The zero-order valence-electron chi connectivity index (χ0n) is 17.1. The van der Waals surface area contributed by atoms with Crippen molar-refractivity contribution in [2.24, 2.45) is 0 Å². The van der Waals surface area contributed by atoms with Crippen molar-refractivity contribution in [2.45, 2.75) is 5.37 Å². The minimum atomic E-state index is -0.135. The molecular weight excluding hydrogens is 418 g/mol. The van der Waals surface area contributed by atoms with Gasteiger partial charge in [-0.25, -0.2) is 5.01 Å². The van der Waals surface area contributed by atoms with Crippen LogP contribution in [0.2, 0.25) is 0 Å². The molecule has 0 unspecified atom stereocenters. The van der Waals surface area contributed by atoms with Crippen molar-refractivity contribution in [1.82, 2.24) is 20.0 Å². The summed E-state index contributed by atoms with van der Waals surface area (Å²) in [4.78, 5) is 30.9. The summed E-state index contributed by atoms with van der Waals surface area (Å²) in [6.45, 7) is 5.43. The normalized spacial score (nSPS) is 22.1. The third-order valence-electron chi connectivity index (χ3n) is 5.37. The Morgan fingerprint density at radius 3 is 2.03 bits per heavy atom. The second-order valence-corrected chi connectivity index (χ2v) is 8.48. The molecule has 1 aromatic heterocycles. The quantitative estimate of drug-likeness (QED) is 0.725. The molecule has 5 rings (SSSR count). The van der Waals surface area contributed by atoms with E-state index in [-0.39, 0.29) is 11.3 Å².